The van der Waals surface area contributed by atoms with Gasteiger partial charge in [0, 0.05) is 35.6 Å². The SMILES string of the molecule is NC(=O)CCc1ccc(NC2=CN(c3cccc(Cl)c3)CC3=C2CCC3)cc1. The molecule has 2 aliphatic rings. The standard InChI is InChI=1S/C23H24ClN3O/c24-18-4-2-5-20(13-18)27-14-17-3-1-6-21(17)22(15-27)26-19-10-7-16(8-11-19)9-12-23(25)28/h2,4-5,7-8,10-11,13,15,26H,1,3,6,9,12,14H2,(H2,25,28). The second-order valence-electron chi connectivity index (χ2n) is 7.37. The Labute approximate surface area is 170 Å². The van der Waals surface area contributed by atoms with Gasteiger partial charge >= 0.3 is 0 Å². The molecule has 3 N–H and O–H groups in total. The molecule has 0 atom stereocenters. The van der Waals surface area contributed by atoms with Gasteiger partial charge in [0.15, 0.2) is 0 Å². The molecule has 1 aliphatic heterocycles. The highest BCUT2D eigenvalue weighted by Gasteiger charge is 2.25. The quantitative estimate of drug-likeness (QED) is 0.725. The molecule has 2 aromatic rings. The Balaban J connectivity index is 1.55. The molecule has 0 fully saturated rings. The highest BCUT2D eigenvalue weighted by Crippen LogP contribution is 2.37. The largest absolute Gasteiger partial charge is 0.370 e. The van der Waals surface area contributed by atoms with E-state index in [2.05, 4.69) is 34.6 Å². The average molecular weight is 394 g/mol. The zero-order chi connectivity index (χ0) is 19.5. The van der Waals surface area contributed by atoms with Crippen LogP contribution in [-0.4, -0.2) is 12.5 Å². The lowest BCUT2D eigenvalue weighted by Gasteiger charge is -2.29. The van der Waals surface area contributed by atoms with Gasteiger partial charge in [0.1, 0.15) is 0 Å². The van der Waals surface area contributed by atoms with Crippen LogP contribution >= 0.6 is 11.6 Å². The number of nitrogens with one attached hydrogen (secondary N) is 1. The van der Waals surface area contributed by atoms with Crippen LogP contribution in [0.25, 0.3) is 0 Å². The third-order valence-electron chi connectivity index (χ3n) is 5.34. The minimum absolute atomic E-state index is 0.267. The third-order valence-corrected chi connectivity index (χ3v) is 5.57. The number of amides is 1. The monoisotopic (exact) mass is 393 g/mol. The summed E-state index contributed by atoms with van der Waals surface area (Å²) in [6.45, 7) is 0.924. The minimum atomic E-state index is -0.267. The molecule has 4 nitrogen and oxygen atoms in total. The summed E-state index contributed by atoms with van der Waals surface area (Å²) in [7, 11) is 0. The van der Waals surface area contributed by atoms with E-state index in [1.165, 1.54) is 17.6 Å². The van der Waals surface area contributed by atoms with Gasteiger partial charge in [0.2, 0.25) is 5.91 Å². The maximum absolute atomic E-state index is 11.0. The van der Waals surface area contributed by atoms with Crippen LogP contribution < -0.4 is 16.0 Å². The molecule has 1 heterocycles. The van der Waals surface area contributed by atoms with Gasteiger partial charge in [-0.15, -0.1) is 0 Å². The molecule has 2 aromatic carbocycles. The van der Waals surface area contributed by atoms with E-state index < -0.39 is 0 Å². The number of aryl methyl sites for hydroxylation is 1. The van der Waals surface area contributed by atoms with Gasteiger partial charge in [0.25, 0.3) is 0 Å². The number of carbonyl (C=O) groups excluding carboxylic acids is 1. The van der Waals surface area contributed by atoms with E-state index in [0.29, 0.717) is 12.8 Å². The Hall–Kier alpha value is -2.72. The van der Waals surface area contributed by atoms with Crippen molar-refractivity contribution in [2.45, 2.75) is 32.1 Å². The number of halogens is 1. The fourth-order valence-corrected chi connectivity index (χ4v) is 4.08. The highest BCUT2D eigenvalue weighted by atomic mass is 35.5. The number of carbonyl (C=O) groups is 1. The topological polar surface area (TPSA) is 58.4 Å². The summed E-state index contributed by atoms with van der Waals surface area (Å²) in [4.78, 5) is 13.2. The van der Waals surface area contributed by atoms with Crippen molar-refractivity contribution < 1.29 is 4.79 Å². The minimum Gasteiger partial charge on any atom is -0.370 e. The second kappa shape index (κ2) is 8.11. The molecule has 0 radical (unpaired) electrons. The van der Waals surface area contributed by atoms with Crippen molar-refractivity contribution in [1.29, 1.82) is 0 Å². The molecule has 28 heavy (non-hydrogen) atoms. The second-order valence-corrected chi connectivity index (χ2v) is 7.81. The Morgan fingerprint density at radius 2 is 1.96 bits per heavy atom. The molecular formula is C23H24ClN3O. The first-order valence-electron chi connectivity index (χ1n) is 9.68. The molecule has 0 unspecified atom stereocenters. The van der Waals surface area contributed by atoms with Crippen LogP contribution in [0.2, 0.25) is 5.02 Å². The molecular weight excluding hydrogens is 370 g/mol. The molecule has 144 valence electrons. The summed E-state index contributed by atoms with van der Waals surface area (Å²) < 4.78 is 0. The normalized spacial score (nSPS) is 16.0. The Kier molecular flexibility index (Phi) is 5.40. The van der Waals surface area contributed by atoms with Crippen molar-refractivity contribution in [2.24, 2.45) is 5.73 Å². The van der Waals surface area contributed by atoms with Crippen molar-refractivity contribution in [3.63, 3.8) is 0 Å². The Morgan fingerprint density at radius 3 is 2.71 bits per heavy atom. The first-order chi connectivity index (χ1) is 13.6. The molecule has 0 saturated heterocycles. The summed E-state index contributed by atoms with van der Waals surface area (Å²) in [5, 5.41) is 4.34. The van der Waals surface area contributed by atoms with Crippen LogP contribution in [0, 0.1) is 0 Å². The van der Waals surface area contributed by atoms with Crippen LogP contribution in [0.1, 0.15) is 31.2 Å². The summed E-state index contributed by atoms with van der Waals surface area (Å²) in [6.07, 6.45) is 6.72. The lowest BCUT2D eigenvalue weighted by atomic mass is 10.0. The molecule has 1 aliphatic carbocycles. The van der Waals surface area contributed by atoms with Crippen molar-refractivity contribution in [2.75, 3.05) is 16.8 Å². The van der Waals surface area contributed by atoms with Crippen LogP contribution in [0.15, 0.2) is 71.6 Å². The van der Waals surface area contributed by atoms with Crippen molar-refractivity contribution in [3.8, 4) is 0 Å². The zero-order valence-corrected chi connectivity index (χ0v) is 16.5. The van der Waals surface area contributed by atoms with Crippen LogP contribution in [0.3, 0.4) is 0 Å². The third kappa shape index (κ3) is 4.23. The van der Waals surface area contributed by atoms with E-state index >= 15 is 0 Å². The lowest BCUT2D eigenvalue weighted by molar-refractivity contribution is -0.117. The summed E-state index contributed by atoms with van der Waals surface area (Å²) in [5.74, 6) is -0.267. The lowest BCUT2D eigenvalue weighted by Crippen LogP contribution is -2.25. The predicted octanol–water partition coefficient (Wildman–Crippen LogP) is 5.01. The number of benzene rings is 2. The molecule has 0 aromatic heterocycles. The predicted molar refractivity (Wildman–Crippen MR) is 115 cm³/mol. The van der Waals surface area contributed by atoms with Gasteiger partial charge in [-0.3, -0.25) is 4.79 Å². The average Bonchev–Trinajstić information content (AvgIpc) is 3.16. The fourth-order valence-electron chi connectivity index (χ4n) is 3.90. The van der Waals surface area contributed by atoms with Gasteiger partial charge < -0.3 is 16.0 Å². The molecule has 0 saturated carbocycles. The van der Waals surface area contributed by atoms with Crippen molar-refractivity contribution in [1.82, 2.24) is 0 Å². The highest BCUT2D eigenvalue weighted by molar-refractivity contribution is 6.30. The van der Waals surface area contributed by atoms with Gasteiger partial charge in [0.05, 0.1) is 5.70 Å². The number of rotatable bonds is 6. The van der Waals surface area contributed by atoms with Crippen LogP contribution in [-0.2, 0) is 11.2 Å². The fraction of sp³-hybridized carbons (Fsp3) is 0.261. The maximum atomic E-state index is 11.0. The van der Waals surface area contributed by atoms with E-state index in [1.54, 1.807) is 0 Å². The van der Waals surface area contributed by atoms with Gasteiger partial charge in [-0.05, 0) is 72.7 Å². The molecule has 0 bridgehead atoms. The Bertz CT molecular complexity index is 947. The number of hydrogen-bond acceptors (Lipinski definition) is 3. The number of hydrogen-bond donors (Lipinski definition) is 2. The summed E-state index contributed by atoms with van der Waals surface area (Å²) in [6, 6.07) is 16.2. The van der Waals surface area contributed by atoms with E-state index in [9.17, 15) is 4.79 Å². The van der Waals surface area contributed by atoms with Gasteiger partial charge in [-0.2, -0.15) is 0 Å². The van der Waals surface area contributed by atoms with Crippen molar-refractivity contribution >= 4 is 28.9 Å². The summed E-state index contributed by atoms with van der Waals surface area (Å²) in [5.41, 5.74) is 12.6. The number of primary amides is 1. The number of allylic oxidation sites excluding steroid dienone is 1. The number of nitrogens with zero attached hydrogens (tertiary/aromatic N) is 1. The number of anilines is 2. The number of nitrogens with two attached hydrogens (primary N) is 1. The van der Waals surface area contributed by atoms with Crippen molar-refractivity contribution in [3.05, 3.63) is 82.2 Å². The molecule has 5 heteroatoms. The van der Waals surface area contributed by atoms with Crippen LogP contribution in [0.5, 0.6) is 0 Å². The van der Waals surface area contributed by atoms with Crippen LogP contribution in [0.4, 0.5) is 11.4 Å². The molecule has 1 amide bonds. The maximum Gasteiger partial charge on any atom is 0.217 e. The van der Waals surface area contributed by atoms with E-state index in [1.807, 2.05) is 30.3 Å². The zero-order valence-electron chi connectivity index (χ0n) is 15.7. The molecule has 0 spiro atoms. The van der Waals surface area contributed by atoms with E-state index in [4.69, 9.17) is 17.3 Å². The van der Waals surface area contributed by atoms with Gasteiger partial charge in [-0.1, -0.05) is 29.8 Å². The smallest absolute Gasteiger partial charge is 0.217 e. The Morgan fingerprint density at radius 1 is 1.14 bits per heavy atom. The van der Waals surface area contributed by atoms with E-state index in [-0.39, 0.29) is 5.91 Å². The first-order valence-corrected chi connectivity index (χ1v) is 10.1. The van der Waals surface area contributed by atoms with E-state index in [0.717, 1.165) is 47.0 Å². The first kappa shape index (κ1) is 18.6. The summed E-state index contributed by atoms with van der Waals surface area (Å²) >= 11 is 6.20. The molecule has 4 rings (SSSR count). The van der Waals surface area contributed by atoms with Gasteiger partial charge in [-0.25, -0.2) is 0 Å².